The van der Waals surface area contributed by atoms with Gasteiger partial charge in [0.2, 0.25) is 5.43 Å². The highest BCUT2D eigenvalue weighted by molar-refractivity contribution is 5.94. The first-order valence-corrected chi connectivity index (χ1v) is 10.6. The summed E-state index contributed by atoms with van der Waals surface area (Å²) in [7, 11) is 0. The molecule has 11 heteroatoms. The molecular weight excluding hydrogens is 446 g/mol. The maximum atomic E-state index is 15.9. The molecule has 5 rings (SSSR count). The number of piperazine rings is 1. The molecule has 0 amide bonds. The van der Waals surface area contributed by atoms with Gasteiger partial charge in [-0.15, -0.1) is 0 Å². The standard InChI is InChI=1S/C23H20F2N6O3/c24-18-9-16-20(19(25)21(18)29-7-5-26-6-8-29)31(11-17(22(16)32)23(33)34)15-3-1-14(2-4-15)10-30-13-27-12-28-30/h1-4,9,11-13,26H,5-8,10H2,(H,33,34). The number of aromatic carboxylic acids is 1. The van der Waals surface area contributed by atoms with E-state index in [1.54, 1.807) is 40.2 Å². The van der Waals surface area contributed by atoms with Crippen molar-refractivity contribution in [3.63, 3.8) is 0 Å². The molecule has 1 fully saturated rings. The van der Waals surface area contributed by atoms with E-state index in [1.165, 1.54) is 10.9 Å². The number of benzene rings is 2. The van der Waals surface area contributed by atoms with Crippen LogP contribution in [0.2, 0.25) is 0 Å². The minimum Gasteiger partial charge on any atom is -0.477 e. The predicted octanol–water partition coefficient (Wildman–Crippen LogP) is 2.02. The largest absolute Gasteiger partial charge is 0.477 e. The van der Waals surface area contributed by atoms with Gasteiger partial charge in [0.1, 0.15) is 29.7 Å². The van der Waals surface area contributed by atoms with Gasteiger partial charge in [0.05, 0.1) is 17.4 Å². The maximum Gasteiger partial charge on any atom is 0.341 e. The van der Waals surface area contributed by atoms with Crippen LogP contribution in [0.4, 0.5) is 14.5 Å². The van der Waals surface area contributed by atoms with E-state index in [4.69, 9.17) is 0 Å². The number of hydrogen-bond donors (Lipinski definition) is 2. The Bertz CT molecular complexity index is 1430. The van der Waals surface area contributed by atoms with Crippen molar-refractivity contribution in [1.82, 2.24) is 24.6 Å². The summed E-state index contributed by atoms with van der Waals surface area (Å²) in [6, 6.07) is 7.84. The van der Waals surface area contributed by atoms with E-state index in [1.807, 2.05) is 0 Å². The van der Waals surface area contributed by atoms with E-state index < -0.39 is 28.6 Å². The van der Waals surface area contributed by atoms with Crippen LogP contribution in [0, 0.1) is 11.6 Å². The van der Waals surface area contributed by atoms with Crippen molar-refractivity contribution < 1.29 is 18.7 Å². The molecule has 0 radical (unpaired) electrons. The number of fused-ring (bicyclic) bond motifs is 1. The Balaban J connectivity index is 1.70. The molecule has 0 atom stereocenters. The SMILES string of the molecule is O=C(O)c1cn(-c2ccc(Cn3cncn3)cc2)c2c(F)c(N3CCNCC3)c(F)cc2c1=O. The monoisotopic (exact) mass is 466 g/mol. The summed E-state index contributed by atoms with van der Waals surface area (Å²) in [6.45, 7) is 2.38. The zero-order chi connectivity index (χ0) is 23.8. The molecule has 1 saturated heterocycles. The highest BCUT2D eigenvalue weighted by Crippen LogP contribution is 2.31. The molecule has 2 aromatic heterocycles. The second-order valence-electron chi connectivity index (χ2n) is 7.96. The normalized spacial score (nSPS) is 14.0. The van der Waals surface area contributed by atoms with Crippen molar-refractivity contribution in [2.75, 3.05) is 31.1 Å². The van der Waals surface area contributed by atoms with Crippen LogP contribution >= 0.6 is 0 Å². The lowest BCUT2D eigenvalue weighted by molar-refractivity contribution is 0.0695. The van der Waals surface area contributed by atoms with Gasteiger partial charge >= 0.3 is 5.97 Å². The van der Waals surface area contributed by atoms with Gasteiger partial charge in [-0.2, -0.15) is 5.10 Å². The fraction of sp³-hybridized carbons (Fsp3) is 0.217. The lowest BCUT2D eigenvalue weighted by Crippen LogP contribution is -2.44. The third-order valence-corrected chi connectivity index (χ3v) is 5.85. The van der Waals surface area contributed by atoms with Gasteiger partial charge in [0.15, 0.2) is 5.82 Å². The van der Waals surface area contributed by atoms with Gasteiger partial charge in [0, 0.05) is 38.1 Å². The fourth-order valence-corrected chi connectivity index (χ4v) is 4.20. The number of hydrogen-bond acceptors (Lipinski definition) is 6. The third kappa shape index (κ3) is 3.79. The molecule has 0 bridgehead atoms. The highest BCUT2D eigenvalue weighted by atomic mass is 19.1. The number of nitrogens with one attached hydrogen (secondary N) is 1. The van der Waals surface area contributed by atoms with Crippen LogP contribution in [0.15, 0.2) is 54.0 Å². The molecule has 0 aliphatic carbocycles. The van der Waals surface area contributed by atoms with E-state index in [0.717, 1.165) is 17.8 Å². The molecule has 0 unspecified atom stereocenters. The van der Waals surface area contributed by atoms with Gasteiger partial charge in [-0.25, -0.2) is 23.2 Å². The Morgan fingerprint density at radius 1 is 1.15 bits per heavy atom. The van der Waals surface area contributed by atoms with Gasteiger partial charge < -0.3 is 19.9 Å². The van der Waals surface area contributed by atoms with Crippen LogP contribution in [-0.4, -0.2) is 56.6 Å². The number of pyridine rings is 1. The quantitative estimate of drug-likeness (QED) is 0.464. The van der Waals surface area contributed by atoms with Crippen LogP contribution < -0.4 is 15.6 Å². The van der Waals surface area contributed by atoms with Crippen molar-refractivity contribution >= 4 is 22.6 Å². The minimum absolute atomic E-state index is 0.172. The second-order valence-corrected chi connectivity index (χ2v) is 7.96. The molecule has 2 aromatic carbocycles. The average molecular weight is 466 g/mol. The van der Waals surface area contributed by atoms with E-state index in [2.05, 4.69) is 15.4 Å². The molecule has 174 valence electrons. The van der Waals surface area contributed by atoms with E-state index in [0.29, 0.717) is 38.4 Å². The number of anilines is 1. The number of aromatic nitrogens is 4. The molecule has 0 saturated carbocycles. The number of rotatable bonds is 5. The lowest BCUT2D eigenvalue weighted by atomic mass is 10.1. The summed E-state index contributed by atoms with van der Waals surface area (Å²) in [5, 5.41) is 16.4. The second kappa shape index (κ2) is 8.67. The molecular formula is C23H20F2N6O3. The molecule has 34 heavy (non-hydrogen) atoms. The van der Waals surface area contributed by atoms with Crippen LogP contribution in [-0.2, 0) is 6.54 Å². The Morgan fingerprint density at radius 2 is 1.88 bits per heavy atom. The number of halogens is 2. The number of carboxylic acids is 1. The zero-order valence-corrected chi connectivity index (χ0v) is 17.9. The predicted molar refractivity (Wildman–Crippen MR) is 121 cm³/mol. The summed E-state index contributed by atoms with van der Waals surface area (Å²) >= 11 is 0. The first kappa shape index (κ1) is 21.7. The first-order valence-electron chi connectivity index (χ1n) is 10.6. The lowest BCUT2D eigenvalue weighted by Gasteiger charge is -2.30. The van der Waals surface area contributed by atoms with Crippen molar-refractivity contribution in [3.8, 4) is 5.69 Å². The summed E-state index contributed by atoms with van der Waals surface area (Å²) in [6.07, 6.45) is 4.08. The minimum atomic E-state index is -1.48. The molecule has 1 aliphatic heterocycles. The molecule has 1 aliphatic rings. The molecule has 4 aromatic rings. The molecule has 3 heterocycles. The van der Waals surface area contributed by atoms with Crippen molar-refractivity contribution in [2.45, 2.75) is 6.54 Å². The van der Waals surface area contributed by atoms with Gasteiger partial charge in [0.25, 0.3) is 0 Å². The first-order chi connectivity index (χ1) is 16.4. The van der Waals surface area contributed by atoms with Crippen molar-refractivity contribution in [1.29, 1.82) is 0 Å². The smallest absolute Gasteiger partial charge is 0.341 e. The Morgan fingerprint density at radius 3 is 2.53 bits per heavy atom. The topological polar surface area (TPSA) is 105 Å². The van der Waals surface area contributed by atoms with Crippen molar-refractivity contribution in [2.24, 2.45) is 0 Å². The molecule has 0 spiro atoms. The maximum absolute atomic E-state index is 15.9. The van der Waals surface area contributed by atoms with Crippen LogP contribution in [0.3, 0.4) is 0 Å². The van der Waals surface area contributed by atoms with Gasteiger partial charge in [-0.05, 0) is 23.8 Å². The summed E-state index contributed by atoms with van der Waals surface area (Å²) in [5.41, 5.74) is -0.612. The third-order valence-electron chi connectivity index (χ3n) is 5.85. The highest BCUT2D eigenvalue weighted by Gasteiger charge is 2.26. The Hall–Kier alpha value is -4.12. The summed E-state index contributed by atoms with van der Waals surface area (Å²) in [4.78, 5) is 30.0. The Kier molecular flexibility index (Phi) is 5.54. The number of carboxylic acid groups (broad SMARTS) is 1. The average Bonchev–Trinajstić information content (AvgIpc) is 3.34. The van der Waals surface area contributed by atoms with Gasteiger partial charge in [-0.3, -0.25) is 4.79 Å². The number of carbonyl (C=O) groups is 1. The van der Waals surface area contributed by atoms with Crippen LogP contribution in [0.5, 0.6) is 0 Å². The van der Waals surface area contributed by atoms with E-state index >= 15 is 8.78 Å². The Labute approximate surface area is 191 Å². The summed E-state index contributed by atoms with van der Waals surface area (Å²) in [5.74, 6) is -3.28. The zero-order valence-electron chi connectivity index (χ0n) is 17.9. The number of nitrogens with zero attached hydrogens (tertiary/aromatic N) is 5. The molecule has 9 nitrogen and oxygen atoms in total. The van der Waals surface area contributed by atoms with E-state index in [9.17, 15) is 14.7 Å². The summed E-state index contributed by atoms with van der Waals surface area (Å²) < 4.78 is 33.8. The van der Waals surface area contributed by atoms with Crippen LogP contribution in [0.25, 0.3) is 16.6 Å². The van der Waals surface area contributed by atoms with E-state index in [-0.39, 0.29) is 16.6 Å². The van der Waals surface area contributed by atoms with Gasteiger partial charge in [-0.1, -0.05) is 12.1 Å². The van der Waals surface area contributed by atoms with Crippen molar-refractivity contribution in [3.05, 3.63) is 82.2 Å². The van der Waals surface area contributed by atoms with Crippen LogP contribution in [0.1, 0.15) is 15.9 Å². The molecule has 2 N–H and O–H groups in total. The fourth-order valence-electron chi connectivity index (χ4n) is 4.20.